The van der Waals surface area contributed by atoms with E-state index in [2.05, 4.69) is 0 Å². The molecule has 0 fully saturated rings. The first-order chi connectivity index (χ1) is 8.58. The van der Waals surface area contributed by atoms with E-state index in [1.54, 1.807) is 6.07 Å². The summed E-state index contributed by atoms with van der Waals surface area (Å²) in [5.74, 6) is 1.27. The number of carbonyl (C=O) groups excluding carboxylic acids is 1. The number of rotatable bonds is 3. The fraction of sp³-hybridized carbons (Fsp3) is 0.0714. The molecular weight excluding hydrogens is 271 g/mol. The molecule has 0 amide bonds. The van der Waals surface area contributed by atoms with Gasteiger partial charge in [-0.15, -0.1) is 0 Å². The van der Waals surface area contributed by atoms with Gasteiger partial charge in [-0.2, -0.15) is 0 Å². The summed E-state index contributed by atoms with van der Waals surface area (Å²) in [6.45, 7) is 1.93. The molecule has 4 heteroatoms. The topological polar surface area (TPSA) is 30.2 Å². The van der Waals surface area contributed by atoms with E-state index >= 15 is 0 Å². The number of hydrogen-bond donors (Lipinski definition) is 0. The Morgan fingerprint density at radius 2 is 2.06 bits per heavy atom. The lowest BCUT2D eigenvalue weighted by atomic mass is 10.1. The van der Waals surface area contributed by atoms with Crippen LogP contribution in [0.2, 0.25) is 5.02 Å². The van der Waals surface area contributed by atoms with Crippen LogP contribution in [0.1, 0.15) is 11.3 Å². The monoisotopic (exact) mass is 280 g/mol. The summed E-state index contributed by atoms with van der Waals surface area (Å²) in [5, 5.41) is 0.156. The van der Waals surface area contributed by atoms with Crippen molar-refractivity contribution in [1.29, 1.82) is 0 Å². The third-order valence-corrected chi connectivity index (χ3v) is 3.07. The van der Waals surface area contributed by atoms with Crippen LogP contribution in [0.3, 0.4) is 0 Å². The van der Waals surface area contributed by atoms with E-state index in [1.165, 1.54) is 12.2 Å². The minimum atomic E-state index is -0.535. The third kappa shape index (κ3) is 2.84. The Bertz CT molecular complexity index is 612. The highest BCUT2D eigenvalue weighted by molar-refractivity contribution is 6.66. The summed E-state index contributed by atoms with van der Waals surface area (Å²) < 4.78 is 5.60. The summed E-state index contributed by atoms with van der Waals surface area (Å²) in [7, 11) is 0. The molecule has 2 aromatic rings. The molecule has 0 saturated heterocycles. The van der Waals surface area contributed by atoms with Gasteiger partial charge >= 0.3 is 0 Å². The van der Waals surface area contributed by atoms with Gasteiger partial charge in [0.25, 0.3) is 0 Å². The normalized spacial score (nSPS) is 11.1. The Labute approximate surface area is 115 Å². The number of furan rings is 1. The van der Waals surface area contributed by atoms with Gasteiger partial charge in [0.1, 0.15) is 11.5 Å². The summed E-state index contributed by atoms with van der Waals surface area (Å²) in [6, 6.07) is 9.23. The molecule has 0 aliphatic heterocycles. The molecule has 0 unspecified atom stereocenters. The van der Waals surface area contributed by atoms with E-state index in [0.717, 1.165) is 11.1 Å². The molecule has 0 N–H and O–H groups in total. The molecule has 0 radical (unpaired) electrons. The first-order valence-electron chi connectivity index (χ1n) is 5.31. The molecule has 18 heavy (non-hydrogen) atoms. The van der Waals surface area contributed by atoms with E-state index in [9.17, 15) is 4.79 Å². The minimum Gasteiger partial charge on any atom is -0.457 e. The SMILES string of the molecule is Cc1c(Cl)cccc1-c1ccc(/C=C/C(=O)Cl)o1. The van der Waals surface area contributed by atoms with Gasteiger partial charge in [-0.05, 0) is 48.4 Å². The van der Waals surface area contributed by atoms with E-state index in [1.807, 2.05) is 31.2 Å². The Morgan fingerprint density at radius 3 is 2.78 bits per heavy atom. The van der Waals surface area contributed by atoms with Gasteiger partial charge in [0.05, 0.1) is 0 Å². The first kappa shape index (κ1) is 12.9. The Balaban J connectivity index is 2.35. The van der Waals surface area contributed by atoms with Crippen molar-refractivity contribution < 1.29 is 9.21 Å². The fourth-order valence-electron chi connectivity index (χ4n) is 1.61. The summed E-state index contributed by atoms with van der Waals surface area (Å²) in [5.41, 5.74) is 1.89. The van der Waals surface area contributed by atoms with Crippen LogP contribution in [0.25, 0.3) is 17.4 Å². The maximum atomic E-state index is 10.6. The van der Waals surface area contributed by atoms with E-state index in [4.69, 9.17) is 27.6 Å². The molecule has 0 spiro atoms. The average Bonchev–Trinajstić information content (AvgIpc) is 2.78. The molecular formula is C14H10Cl2O2. The van der Waals surface area contributed by atoms with Gasteiger partial charge in [0.15, 0.2) is 0 Å². The number of allylic oxidation sites excluding steroid dienone is 1. The van der Waals surface area contributed by atoms with Gasteiger partial charge in [0, 0.05) is 16.7 Å². The van der Waals surface area contributed by atoms with Crippen molar-refractivity contribution in [3.63, 3.8) is 0 Å². The standard InChI is InChI=1S/C14H10Cl2O2/c1-9-11(3-2-4-12(9)15)13-7-5-10(18-13)6-8-14(16)17/h2-8H,1H3/b8-6+. The summed E-state index contributed by atoms with van der Waals surface area (Å²) >= 11 is 11.3. The van der Waals surface area contributed by atoms with Crippen LogP contribution in [0, 0.1) is 6.92 Å². The van der Waals surface area contributed by atoms with Gasteiger partial charge < -0.3 is 4.42 Å². The molecule has 2 rings (SSSR count). The largest absolute Gasteiger partial charge is 0.457 e. The van der Waals surface area contributed by atoms with Crippen LogP contribution >= 0.6 is 23.2 Å². The van der Waals surface area contributed by atoms with Crippen LogP contribution in [0.15, 0.2) is 40.8 Å². The van der Waals surface area contributed by atoms with Crippen molar-refractivity contribution in [2.24, 2.45) is 0 Å². The van der Waals surface area contributed by atoms with Crippen LogP contribution in [0.5, 0.6) is 0 Å². The second-order valence-corrected chi connectivity index (χ2v) is 4.53. The summed E-state index contributed by atoms with van der Waals surface area (Å²) in [6.07, 6.45) is 2.77. The average molecular weight is 281 g/mol. The zero-order valence-corrected chi connectivity index (χ0v) is 11.1. The maximum absolute atomic E-state index is 10.6. The number of benzene rings is 1. The quantitative estimate of drug-likeness (QED) is 0.603. The zero-order valence-electron chi connectivity index (χ0n) is 9.61. The third-order valence-electron chi connectivity index (χ3n) is 2.54. The molecule has 2 nitrogen and oxygen atoms in total. The van der Waals surface area contributed by atoms with Gasteiger partial charge in [-0.1, -0.05) is 23.7 Å². The lowest BCUT2D eigenvalue weighted by Gasteiger charge is -2.03. The maximum Gasteiger partial charge on any atom is 0.245 e. The molecule has 1 heterocycles. The highest BCUT2D eigenvalue weighted by Gasteiger charge is 2.08. The molecule has 1 aromatic carbocycles. The van der Waals surface area contributed by atoms with Crippen LogP contribution in [-0.4, -0.2) is 5.24 Å². The number of carbonyl (C=O) groups is 1. The second-order valence-electron chi connectivity index (χ2n) is 3.75. The molecule has 0 aliphatic rings. The van der Waals surface area contributed by atoms with Crippen molar-refractivity contribution in [2.75, 3.05) is 0 Å². The number of halogens is 2. The summed E-state index contributed by atoms with van der Waals surface area (Å²) in [4.78, 5) is 10.6. The van der Waals surface area contributed by atoms with Gasteiger partial charge in [0.2, 0.25) is 5.24 Å². The molecule has 0 saturated carbocycles. The highest BCUT2D eigenvalue weighted by atomic mass is 35.5. The van der Waals surface area contributed by atoms with Crippen LogP contribution in [0.4, 0.5) is 0 Å². The van der Waals surface area contributed by atoms with E-state index in [0.29, 0.717) is 16.5 Å². The predicted molar refractivity (Wildman–Crippen MR) is 73.8 cm³/mol. The van der Waals surface area contributed by atoms with Crippen molar-refractivity contribution in [3.05, 3.63) is 52.8 Å². The number of hydrogen-bond acceptors (Lipinski definition) is 2. The molecule has 0 bridgehead atoms. The van der Waals surface area contributed by atoms with Crippen LogP contribution < -0.4 is 0 Å². The van der Waals surface area contributed by atoms with E-state index < -0.39 is 5.24 Å². The molecule has 0 aliphatic carbocycles. The van der Waals surface area contributed by atoms with Gasteiger partial charge in [-0.3, -0.25) is 4.79 Å². The molecule has 0 atom stereocenters. The lowest BCUT2D eigenvalue weighted by molar-refractivity contribution is -0.107. The zero-order chi connectivity index (χ0) is 13.1. The minimum absolute atomic E-state index is 0.535. The van der Waals surface area contributed by atoms with Crippen molar-refractivity contribution in [2.45, 2.75) is 6.92 Å². The molecule has 92 valence electrons. The van der Waals surface area contributed by atoms with Crippen molar-refractivity contribution >= 4 is 34.5 Å². The predicted octanol–water partition coefficient (Wildman–Crippen LogP) is 4.69. The van der Waals surface area contributed by atoms with E-state index in [-0.39, 0.29) is 0 Å². The Hall–Kier alpha value is -1.51. The van der Waals surface area contributed by atoms with Gasteiger partial charge in [-0.25, -0.2) is 0 Å². The lowest BCUT2D eigenvalue weighted by Crippen LogP contribution is -1.81. The highest BCUT2D eigenvalue weighted by Crippen LogP contribution is 2.29. The fourth-order valence-corrected chi connectivity index (χ4v) is 1.85. The Morgan fingerprint density at radius 1 is 1.28 bits per heavy atom. The second kappa shape index (κ2) is 5.42. The van der Waals surface area contributed by atoms with Crippen molar-refractivity contribution in [1.82, 2.24) is 0 Å². The molecule has 1 aromatic heterocycles. The first-order valence-corrected chi connectivity index (χ1v) is 6.06. The Kier molecular flexibility index (Phi) is 3.90. The van der Waals surface area contributed by atoms with Crippen molar-refractivity contribution in [3.8, 4) is 11.3 Å². The van der Waals surface area contributed by atoms with Crippen LogP contribution in [-0.2, 0) is 4.79 Å². The smallest absolute Gasteiger partial charge is 0.245 e.